The third-order valence-corrected chi connectivity index (χ3v) is 6.59. The molecule has 0 spiro atoms. The van der Waals surface area contributed by atoms with Gasteiger partial charge in [0, 0.05) is 9.79 Å². The van der Waals surface area contributed by atoms with E-state index in [0.29, 0.717) is 0 Å². The Labute approximate surface area is 163 Å². The van der Waals surface area contributed by atoms with E-state index in [2.05, 4.69) is 55.5 Å². The van der Waals surface area contributed by atoms with Gasteiger partial charge in [0.05, 0.1) is 18.8 Å². The van der Waals surface area contributed by atoms with Crippen LogP contribution in [0.5, 0.6) is 11.5 Å². The molecule has 3 rings (SSSR count). The molecule has 2 nitrogen and oxygen atoms in total. The maximum Gasteiger partial charge on any atom is 0.118 e. The molecule has 0 N–H and O–H groups in total. The van der Waals surface area contributed by atoms with Crippen molar-refractivity contribution in [1.29, 1.82) is 0 Å². The standard InChI is InChI=1S/C22H22O2S2/c1-16-4-6-17(7-5-16)22(25-20-12-8-18(23-2)9-13-20)26-21-14-10-19(24-3)11-15-21/h4-15,22H,1-3H3. The number of methoxy groups -OCH3 is 2. The number of hydrogen-bond donors (Lipinski definition) is 0. The Morgan fingerprint density at radius 1 is 0.615 bits per heavy atom. The summed E-state index contributed by atoms with van der Waals surface area (Å²) in [7, 11) is 3.38. The minimum atomic E-state index is 0.261. The van der Waals surface area contributed by atoms with E-state index in [1.807, 2.05) is 47.8 Å². The summed E-state index contributed by atoms with van der Waals surface area (Å²) < 4.78 is 10.8. The Hall–Kier alpha value is -2.04. The smallest absolute Gasteiger partial charge is 0.118 e. The van der Waals surface area contributed by atoms with Crippen LogP contribution >= 0.6 is 23.5 Å². The molecule has 0 saturated carbocycles. The van der Waals surface area contributed by atoms with E-state index in [9.17, 15) is 0 Å². The third kappa shape index (κ3) is 4.99. The second-order valence-electron chi connectivity index (χ2n) is 5.83. The molecule has 0 aliphatic rings. The molecule has 3 aromatic rings. The van der Waals surface area contributed by atoms with Crippen molar-refractivity contribution < 1.29 is 9.47 Å². The molecule has 4 heteroatoms. The van der Waals surface area contributed by atoms with Crippen LogP contribution in [0.25, 0.3) is 0 Å². The van der Waals surface area contributed by atoms with Crippen LogP contribution in [0, 0.1) is 6.92 Å². The molecule has 0 bridgehead atoms. The van der Waals surface area contributed by atoms with Crippen LogP contribution in [0.15, 0.2) is 82.6 Å². The first kappa shape index (κ1) is 18.7. The zero-order chi connectivity index (χ0) is 18.4. The quantitative estimate of drug-likeness (QED) is 0.338. The van der Waals surface area contributed by atoms with Gasteiger partial charge in [0.2, 0.25) is 0 Å². The van der Waals surface area contributed by atoms with Gasteiger partial charge in [0.15, 0.2) is 0 Å². The highest BCUT2D eigenvalue weighted by Crippen LogP contribution is 2.47. The average molecular weight is 383 g/mol. The highest BCUT2D eigenvalue weighted by molar-refractivity contribution is 8.16. The topological polar surface area (TPSA) is 18.5 Å². The fourth-order valence-corrected chi connectivity index (χ4v) is 4.97. The van der Waals surface area contributed by atoms with Gasteiger partial charge in [0.25, 0.3) is 0 Å². The number of hydrogen-bond acceptors (Lipinski definition) is 4. The van der Waals surface area contributed by atoms with Gasteiger partial charge >= 0.3 is 0 Å². The zero-order valence-electron chi connectivity index (χ0n) is 15.1. The van der Waals surface area contributed by atoms with Crippen molar-refractivity contribution in [2.75, 3.05) is 14.2 Å². The fraction of sp³-hybridized carbons (Fsp3) is 0.182. The Bertz CT molecular complexity index is 763. The second-order valence-corrected chi connectivity index (χ2v) is 8.48. The molecule has 0 amide bonds. The van der Waals surface area contributed by atoms with Crippen molar-refractivity contribution in [1.82, 2.24) is 0 Å². The molecule has 0 fully saturated rings. The van der Waals surface area contributed by atoms with Crippen LogP contribution < -0.4 is 9.47 Å². The summed E-state index contributed by atoms with van der Waals surface area (Å²) in [6, 6.07) is 25.2. The van der Waals surface area contributed by atoms with Crippen molar-refractivity contribution in [3.05, 3.63) is 83.9 Å². The zero-order valence-corrected chi connectivity index (χ0v) is 16.8. The number of aryl methyl sites for hydroxylation is 1. The minimum absolute atomic E-state index is 0.261. The molecular formula is C22H22O2S2. The largest absolute Gasteiger partial charge is 0.497 e. The van der Waals surface area contributed by atoms with Gasteiger partial charge in [-0.05, 0) is 61.0 Å². The van der Waals surface area contributed by atoms with Crippen molar-refractivity contribution in [3.8, 4) is 11.5 Å². The predicted molar refractivity (Wildman–Crippen MR) is 112 cm³/mol. The molecule has 0 aliphatic heterocycles. The van der Waals surface area contributed by atoms with E-state index in [4.69, 9.17) is 9.47 Å². The first-order chi connectivity index (χ1) is 12.7. The molecule has 0 heterocycles. The summed E-state index contributed by atoms with van der Waals surface area (Å²) in [6.45, 7) is 2.12. The van der Waals surface area contributed by atoms with Crippen molar-refractivity contribution >= 4 is 23.5 Å². The lowest BCUT2D eigenvalue weighted by atomic mass is 10.2. The van der Waals surface area contributed by atoms with Gasteiger partial charge in [-0.25, -0.2) is 0 Å². The number of rotatable bonds is 7. The second kappa shape index (κ2) is 9.06. The normalized spacial score (nSPS) is 10.8. The fourth-order valence-electron chi connectivity index (χ4n) is 2.44. The summed E-state index contributed by atoms with van der Waals surface area (Å²) in [5.41, 5.74) is 2.58. The molecule has 0 saturated heterocycles. The minimum Gasteiger partial charge on any atom is -0.497 e. The van der Waals surface area contributed by atoms with Crippen molar-refractivity contribution in [2.45, 2.75) is 21.3 Å². The van der Waals surface area contributed by atoms with Gasteiger partial charge < -0.3 is 9.47 Å². The molecule has 0 unspecified atom stereocenters. The van der Waals surface area contributed by atoms with E-state index >= 15 is 0 Å². The van der Waals surface area contributed by atoms with Crippen molar-refractivity contribution in [2.24, 2.45) is 0 Å². The van der Waals surface area contributed by atoms with Crippen LogP contribution in [0.2, 0.25) is 0 Å². The molecule has 0 aromatic heterocycles. The van der Waals surface area contributed by atoms with E-state index < -0.39 is 0 Å². The monoisotopic (exact) mass is 382 g/mol. The Balaban J connectivity index is 1.83. The van der Waals surface area contributed by atoms with Crippen LogP contribution in [0.3, 0.4) is 0 Å². The third-order valence-electron chi connectivity index (χ3n) is 3.95. The maximum absolute atomic E-state index is 5.26. The van der Waals surface area contributed by atoms with Gasteiger partial charge in [-0.2, -0.15) is 0 Å². The average Bonchev–Trinajstić information content (AvgIpc) is 2.69. The van der Waals surface area contributed by atoms with E-state index in [1.54, 1.807) is 14.2 Å². The number of thioether (sulfide) groups is 2. The summed E-state index contributed by atoms with van der Waals surface area (Å²) in [5.74, 6) is 1.76. The van der Waals surface area contributed by atoms with Crippen LogP contribution in [-0.4, -0.2) is 14.2 Å². The Morgan fingerprint density at radius 2 is 1.04 bits per heavy atom. The van der Waals surface area contributed by atoms with E-state index in [1.165, 1.54) is 20.9 Å². The SMILES string of the molecule is COc1ccc(SC(Sc2ccc(OC)cc2)c2ccc(C)cc2)cc1. The van der Waals surface area contributed by atoms with Crippen LogP contribution in [-0.2, 0) is 0 Å². The maximum atomic E-state index is 5.26. The van der Waals surface area contributed by atoms with Gasteiger partial charge in [0.1, 0.15) is 11.5 Å². The molecule has 26 heavy (non-hydrogen) atoms. The Kier molecular flexibility index (Phi) is 6.53. The van der Waals surface area contributed by atoms with Crippen molar-refractivity contribution in [3.63, 3.8) is 0 Å². The van der Waals surface area contributed by atoms with E-state index in [-0.39, 0.29) is 4.58 Å². The lowest BCUT2D eigenvalue weighted by Gasteiger charge is -2.17. The highest BCUT2D eigenvalue weighted by Gasteiger charge is 2.15. The van der Waals surface area contributed by atoms with Gasteiger partial charge in [-0.15, -0.1) is 23.5 Å². The Morgan fingerprint density at radius 3 is 1.42 bits per heavy atom. The van der Waals surface area contributed by atoms with Crippen LogP contribution in [0.1, 0.15) is 15.7 Å². The first-order valence-corrected chi connectivity index (χ1v) is 10.1. The summed E-state index contributed by atoms with van der Waals surface area (Å²) >= 11 is 3.70. The summed E-state index contributed by atoms with van der Waals surface area (Å²) in [4.78, 5) is 2.44. The van der Waals surface area contributed by atoms with Gasteiger partial charge in [-0.3, -0.25) is 0 Å². The highest BCUT2D eigenvalue weighted by atomic mass is 32.2. The molecule has 0 radical (unpaired) electrons. The molecule has 0 aliphatic carbocycles. The summed E-state index contributed by atoms with van der Waals surface area (Å²) in [6.07, 6.45) is 0. The molecule has 0 atom stereocenters. The van der Waals surface area contributed by atoms with Gasteiger partial charge in [-0.1, -0.05) is 29.8 Å². The van der Waals surface area contributed by atoms with E-state index in [0.717, 1.165) is 11.5 Å². The molecule has 3 aromatic carbocycles. The van der Waals surface area contributed by atoms with Crippen LogP contribution in [0.4, 0.5) is 0 Å². The number of ether oxygens (including phenoxy) is 2. The predicted octanol–water partition coefficient (Wildman–Crippen LogP) is 6.60. The number of benzene rings is 3. The molecular weight excluding hydrogens is 360 g/mol. The lowest BCUT2D eigenvalue weighted by Crippen LogP contribution is -1.91. The lowest BCUT2D eigenvalue weighted by molar-refractivity contribution is 0.414. The first-order valence-electron chi connectivity index (χ1n) is 8.36. The summed E-state index contributed by atoms with van der Waals surface area (Å²) in [5, 5.41) is 0. The molecule has 134 valence electrons.